The number of hydrogen-bond donors (Lipinski definition) is 1. The number of nitrogens with one attached hydrogen (secondary N) is 1. The van der Waals surface area contributed by atoms with Gasteiger partial charge in [0.25, 0.3) is 5.91 Å². The lowest BCUT2D eigenvalue weighted by Crippen LogP contribution is -2.53. The SMILES string of the molecule is COc1ccc(C(CNC(=O)C2(C)Cc3ccccc3C(=O)O2)N2CCCC2)cc1. The smallest absolute Gasteiger partial charge is 0.339 e. The molecule has 0 aromatic heterocycles. The summed E-state index contributed by atoms with van der Waals surface area (Å²) in [6, 6.07) is 15.4. The molecule has 1 saturated heterocycles. The Morgan fingerprint density at radius 2 is 1.87 bits per heavy atom. The second kappa shape index (κ2) is 8.48. The minimum atomic E-state index is -1.21. The van der Waals surface area contributed by atoms with E-state index in [4.69, 9.17) is 9.47 Å². The number of methoxy groups -OCH3 is 1. The molecule has 2 aliphatic rings. The van der Waals surface area contributed by atoms with Crippen molar-refractivity contribution in [1.29, 1.82) is 0 Å². The highest BCUT2D eigenvalue weighted by molar-refractivity contribution is 5.97. The first-order valence-electron chi connectivity index (χ1n) is 10.5. The first-order valence-corrected chi connectivity index (χ1v) is 10.5. The van der Waals surface area contributed by atoms with Gasteiger partial charge in [-0.15, -0.1) is 0 Å². The molecule has 0 spiro atoms. The Morgan fingerprint density at radius 1 is 1.17 bits per heavy atom. The van der Waals surface area contributed by atoms with Gasteiger partial charge in [0.2, 0.25) is 0 Å². The molecule has 4 rings (SSSR count). The van der Waals surface area contributed by atoms with Crippen LogP contribution in [0.3, 0.4) is 0 Å². The number of carbonyl (C=O) groups excluding carboxylic acids is 2. The average Bonchev–Trinajstić information content (AvgIpc) is 3.28. The van der Waals surface area contributed by atoms with Crippen LogP contribution >= 0.6 is 0 Å². The first kappa shape index (κ1) is 20.4. The second-order valence-corrected chi connectivity index (χ2v) is 8.20. The lowest BCUT2D eigenvalue weighted by atomic mass is 9.89. The number of rotatable bonds is 6. The molecule has 0 aliphatic carbocycles. The van der Waals surface area contributed by atoms with E-state index in [1.54, 1.807) is 26.2 Å². The Morgan fingerprint density at radius 3 is 2.57 bits per heavy atom. The molecule has 6 nitrogen and oxygen atoms in total. The number of benzene rings is 2. The Bertz CT molecular complexity index is 921. The van der Waals surface area contributed by atoms with E-state index < -0.39 is 11.6 Å². The zero-order valence-electron chi connectivity index (χ0n) is 17.5. The van der Waals surface area contributed by atoms with Crippen LogP contribution < -0.4 is 10.1 Å². The maximum atomic E-state index is 13.1. The van der Waals surface area contributed by atoms with E-state index in [0.29, 0.717) is 18.5 Å². The molecule has 0 bridgehead atoms. The van der Waals surface area contributed by atoms with Gasteiger partial charge in [0.05, 0.1) is 18.7 Å². The van der Waals surface area contributed by atoms with Gasteiger partial charge in [-0.2, -0.15) is 0 Å². The molecule has 2 aliphatic heterocycles. The summed E-state index contributed by atoms with van der Waals surface area (Å²) >= 11 is 0. The van der Waals surface area contributed by atoms with Crippen LogP contribution in [0.2, 0.25) is 0 Å². The van der Waals surface area contributed by atoms with E-state index in [-0.39, 0.29) is 11.9 Å². The standard InChI is InChI=1S/C24H28N2O4/c1-24(15-18-7-3-4-8-20(18)22(27)30-24)23(28)25-16-21(26-13-5-6-14-26)17-9-11-19(29-2)12-10-17/h3-4,7-12,21H,5-6,13-16H2,1-2H3,(H,25,28). The van der Waals surface area contributed by atoms with Gasteiger partial charge in [-0.3, -0.25) is 9.69 Å². The molecule has 2 unspecified atom stereocenters. The summed E-state index contributed by atoms with van der Waals surface area (Å²) in [6.07, 6.45) is 2.69. The van der Waals surface area contributed by atoms with Gasteiger partial charge in [-0.1, -0.05) is 30.3 Å². The molecule has 1 amide bonds. The van der Waals surface area contributed by atoms with Crippen LogP contribution in [0.25, 0.3) is 0 Å². The van der Waals surface area contributed by atoms with Crippen LogP contribution in [0.4, 0.5) is 0 Å². The number of nitrogens with zero attached hydrogens (tertiary/aromatic N) is 1. The topological polar surface area (TPSA) is 67.9 Å². The van der Waals surface area contributed by atoms with Crippen molar-refractivity contribution in [3.05, 3.63) is 65.2 Å². The summed E-state index contributed by atoms with van der Waals surface area (Å²) in [5, 5.41) is 3.06. The fraction of sp³-hybridized carbons (Fsp3) is 0.417. The molecule has 2 aromatic carbocycles. The minimum absolute atomic E-state index is 0.0672. The zero-order valence-corrected chi connectivity index (χ0v) is 17.5. The van der Waals surface area contributed by atoms with Crippen molar-refractivity contribution in [2.24, 2.45) is 0 Å². The predicted octanol–water partition coefficient (Wildman–Crippen LogP) is 3.12. The van der Waals surface area contributed by atoms with Crippen LogP contribution in [0.15, 0.2) is 48.5 Å². The Balaban J connectivity index is 1.49. The van der Waals surface area contributed by atoms with Crippen molar-refractivity contribution >= 4 is 11.9 Å². The molecule has 2 heterocycles. The Labute approximate surface area is 177 Å². The number of hydrogen-bond acceptors (Lipinski definition) is 5. The van der Waals surface area contributed by atoms with Gasteiger partial charge in [-0.25, -0.2) is 4.79 Å². The van der Waals surface area contributed by atoms with Gasteiger partial charge >= 0.3 is 5.97 Å². The number of fused-ring (bicyclic) bond motifs is 1. The number of amides is 1. The quantitative estimate of drug-likeness (QED) is 0.744. The Hall–Kier alpha value is -2.86. The second-order valence-electron chi connectivity index (χ2n) is 8.20. The largest absolute Gasteiger partial charge is 0.497 e. The number of likely N-dealkylation sites (tertiary alicyclic amines) is 1. The molecule has 2 atom stereocenters. The van der Waals surface area contributed by atoms with Crippen molar-refractivity contribution in [3.8, 4) is 5.75 Å². The number of cyclic esters (lactones) is 1. The van der Waals surface area contributed by atoms with Gasteiger partial charge < -0.3 is 14.8 Å². The summed E-state index contributed by atoms with van der Waals surface area (Å²) in [5.41, 5.74) is 1.31. The highest BCUT2D eigenvalue weighted by Gasteiger charge is 2.42. The predicted molar refractivity (Wildman–Crippen MR) is 114 cm³/mol. The summed E-state index contributed by atoms with van der Waals surface area (Å²) in [4.78, 5) is 27.9. The van der Waals surface area contributed by atoms with Crippen molar-refractivity contribution in [1.82, 2.24) is 10.2 Å². The zero-order chi connectivity index (χ0) is 21.1. The fourth-order valence-corrected chi connectivity index (χ4v) is 4.37. The molecule has 0 radical (unpaired) electrons. The van der Waals surface area contributed by atoms with E-state index >= 15 is 0 Å². The number of ether oxygens (including phenoxy) is 2. The van der Waals surface area contributed by atoms with Crippen LogP contribution in [0, 0.1) is 0 Å². The van der Waals surface area contributed by atoms with Crippen molar-refractivity contribution in [2.75, 3.05) is 26.7 Å². The molecule has 158 valence electrons. The number of esters is 1. The molecule has 1 fully saturated rings. The molecule has 1 N–H and O–H groups in total. The molecular formula is C24H28N2O4. The van der Waals surface area contributed by atoms with Gasteiger partial charge in [0.15, 0.2) is 5.60 Å². The van der Waals surface area contributed by atoms with Crippen LogP contribution in [0.5, 0.6) is 5.75 Å². The fourth-order valence-electron chi connectivity index (χ4n) is 4.37. The summed E-state index contributed by atoms with van der Waals surface area (Å²) in [7, 11) is 1.65. The highest BCUT2D eigenvalue weighted by atomic mass is 16.6. The highest BCUT2D eigenvalue weighted by Crippen LogP contribution is 2.30. The molecule has 6 heteroatoms. The average molecular weight is 408 g/mol. The third-order valence-corrected chi connectivity index (χ3v) is 6.10. The third-order valence-electron chi connectivity index (χ3n) is 6.10. The maximum Gasteiger partial charge on any atom is 0.339 e. The van der Waals surface area contributed by atoms with E-state index in [9.17, 15) is 9.59 Å². The molecular weight excluding hydrogens is 380 g/mol. The van der Waals surface area contributed by atoms with Crippen molar-refractivity contribution in [3.63, 3.8) is 0 Å². The summed E-state index contributed by atoms with van der Waals surface area (Å²) < 4.78 is 10.8. The van der Waals surface area contributed by atoms with E-state index in [1.807, 2.05) is 36.4 Å². The van der Waals surface area contributed by atoms with Crippen molar-refractivity contribution < 1.29 is 19.1 Å². The summed E-state index contributed by atoms with van der Waals surface area (Å²) in [5.74, 6) is 0.104. The van der Waals surface area contributed by atoms with Gasteiger partial charge in [-0.05, 0) is 62.2 Å². The lowest BCUT2D eigenvalue weighted by Gasteiger charge is -2.34. The monoisotopic (exact) mass is 408 g/mol. The lowest BCUT2D eigenvalue weighted by molar-refractivity contribution is -0.140. The molecule has 30 heavy (non-hydrogen) atoms. The van der Waals surface area contributed by atoms with Gasteiger partial charge in [0, 0.05) is 13.0 Å². The maximum absolute atomic E-state index is 13.1. The van der Waals surface area contributed by atoms with E-state index in [1.165, 1.54) is 0 Å². The van der Waals surface area contributed by atoms with Crippen LogP contribution in [-0.2, 0) is 16.0 Å². The minimum Gasteiger partial charge on any atom is -0.497 e. The van der Waals surface area contributed by atoms with E-state index in [2.05, 4.69) is 10.2 Å². The first-order chi connectivity index (χ1) is 14.5. The van der Waals surface area contributed by atoms with Crippen LogP contribution in [-0.4, -0.2) is 49.1 Å². The normalized spacial score (nSPS) is 22.1. The van der Waals surface area contributed by atoms with Crippen molar-refractivity contribution in [2.45, 2.75) is 37.8 Å². The van der Waals surface area contributed by atoms with Gasteiger partial charge in [0.1, 0.15) is 5.75 Å². The third kappa shape index (κ3) is 4.05. The Kier molecular flexibility index (Phi) is 5.77. The summed E-state index contributed by atoms with van der Waals surface area (Å²) in [6.45, 7) is 4.16. The number of carbonyl (C=O) groups is 2. The molecule has 0 saturated carbocycles. The van der Waals surface area contributed by atoms with Crippen LogP contribution in [0.1, 0.15) is 47.3 Å². The molecule has 2 aromatic rings. The van der Waals surface area contributed by atoms with E-state index in [0.717, 1.165) is 42.8 Å².